The fourth-order valence-electron chi connectivity index (χ4n) is 4.23. The molecule has 0 spiro atoms. The lowest BCUT2D eigenvalue weighted by molar-refractivity contribution is -0.114. The first-order valence-electron chi connectivity index (χ1n) is 12.7. The molecular weight excluding hydrogens is 588 g/mol. The summed E-state index contributed by atoms with van der Waals surface area (Å²) in [6.45, 7) is 0.799. The van der Waals surface area contributed by atoms with Crippen molar-refractivity contribution >= 4 is 51.2 Å². The molecule has 0 fully saturated rings. The van der Waals surface area contributed by atoms with Crippen LogP contribution in [0.1, 0.15) is 27.2 Å². The number of benzene rings is 3. The van der Waals surface area contributed by atoms with Crippen LogP contribution >= 0.6 is 15.9 Å². The van der Waals surface area contributed by atoms with E-state index in [9.17, 15) is 14.4 Å². The summed E-state index contributed by atoms with van der Waals surface area (Å²) in [5.41, 5.74) is 3.33. The van der Waals surface area contributed by atoms with Crippen molar-refractivity contribution in [2.75, 3.05) is 18.6 Å². The van der Waals surface area contributed by atoms with Crippen molar-refractivity contribution in [3.8, 4) is 11.5 Å². The summed E-state index contributed by atoms with van der Waals surface area (Å²) in [5, 5.41) is 8.25. The molecule has 0 unspecified atom stereocenters. The van der Waals surface area contributed by atoms with Crippen molar-refractivity contribution in [2.45, 2.75) is 13.2 Å². The van der Waals surface area contributed by atoms with E-state index in [1.807, 2.05) is 30.3 Å². The summed E-state index contributed by atoms with van der Waals surface area (Å²) in [6.07, 6.45) is 8.21. The molecule has 0 atom stereocenters. The first kappa shape index (κ1) is 27.7. The number of ether oxygens (including phenoxy) is 2. The summed E-state index contributed by atoms with van der Waals surface area (Å²) >= 11 is 3.39. The molecule has 2 heterocycles. The number of carbonyl (C=O) groups excluding carboxylic acids is 3. The molecule has 10 heteroatoms. The Hall–Kier alpha value is -4.83. The molecule has 0 saturated heterocycles. The molecule has 3 aromatic carbocycles. The molecule has 0 N–H and O–H groups in total. The van der Waals surface area contributed by atoms with Crippen LogP contribution in [0.2, 0.25) is 0 Å². The number of halogens is 1. The van der Waals surface area contributed by atoms with Crippen LogP contribution in [0.15, 0.2) is 89.6 Å². The minimum absolute atomic E-state index is 0.139. The molecule has 1 aliphatic heterocycles. The van der Waals surface area contributed by atoms with Crippen LogP contribution in [-0.2, 0) is 22.7 Å². The van der Waals surface area contributed by atoms with Crippen LogP contribution in [0.5, 0.6) is 11.5 Å². The molecule has 0 aliphatic carbocycles. The highest BCUT2D eigenvalue weighted by atomic mass is 79.9. The van der Waals surface area contributed by atoms with Gasteiger partial charge in [-0.15, -0.1) is 5.10 Å². The van der Waals surface area contributed by atoms with Gasteiger partial charge in [0.05, 0.1) is 31.1 Å². The van der Waals surface area contributed by atoms with Crippen LogP contribution < -0.4 is 14.4 Å². The van der Waals surface area contributed by atoms with E-state index in [0.29, 0.717) is 35.0 Å². The maximum Gasteiger partial charge on any atom is 0.299 e. The molecular formula is C31H25BrN4O5. The molecule has 0 saturated carbocycles. The highest BCUT2D eigenvalue weighted by molar-refractivity contribution is 9.10. The van der Waals surface area contributed by atoms with E-state index in [1.165, 1.54) is 17.1 Å². The van der Waals surface area contributed by atoms with Gasteiger partial charge in [-0.3, -0.25) is 19.1 Å². The van der Waals surface area contributed by atoms with E-state index in [1.54, 1.807) is 66.5 Å². The van der Waals surface area contributed by atoms with Gasteiger partial charge in [0, 0.05) is 11.0 Å². The number of anilines is 1. The van der Waals surface area contributed by atoms with E-state index in [0.717, 1.165) is 15.6 Å². The minimum Gasteiger partial charge on any atom is -0.493 e. The second-order valence-electron chi connectivity index (χ2n) is 9.10. The fraction of sp³-hybridized carbons (Fsp3) is 0.129. The number of Topliss-reactive ketones (excluding diaryl/α,β-unsaturated/α-hetero) is 1. The Kier molecular flexibility index (Phi) is 8.50. The predicted octanol–water partition coefficient (Wildman–Crippen LogP) is 5.15. The van der Waals surface area contributed by atoms with Gasteiger partial charge in [-0.05, 0) is 59.7 Å². The highest BCUT2D eigenvalue weighted by Crippen LogP contribution is 2.30. The zero-order valence-electron chi connectivity index (χ0n) is 22.1. The van der Waals surface area contributed by atoms with E-state index in [4.69, 9.17) is 9.47 Å². The van der Waals surface area contributed by atoms with Crippen molar-refractivity contribution in [3.05, 3.63) is 112 Å². The zero-order valence-corrected chi connectivity index (χ0v) is 23.7. The van der Waals surface area contributed by atoms with Crippen molar-refractivity contribution in [1.29, 1.82) is 0 Å². The van der Waals surface area contributed by atoms with Gasteiger partial charge in [0.1, 0.15) is 12.3 Å². The van der Waals surface area contributed by atoms with Crippen LogP contribution in [0.25, 0.3) is 12.2 Å². The van der Waals surface area contributed by atoms with Crippen LogP contribution in [0.4, 0.5) is 5.69 Å². The number of nitrogens with zero attached hydrogens (tertiary/aromatic N) is 4. The Bertz CT molecular complexity index is 1660. The highest BCUT2D eigenvalue weighted by Gasteiger charge is 2.35. The largest absolute Gasteiger partial charge is 0.493 e. The van der Waals surface area contributed by atoms with E-state index < -0.39 is 11.7 Å². The summed E-state index contributed by atoms with van der Waals surface area (Å²) < 4.78 is 14.0. The molecule has 5 rings (SSSR count). The van der Waals surface area contributed by atoms with Gasteiger partial charge in [0.15, 0.2) is 17.3 Å². The van der Waals surface area contributed by atoms with Crippen LogP contribution in [0.3, 0.4) is 0 Å². The number of fused-ring (bicyclic) bond motifs is 1. The number of methoxy groups -OCH3 is 1. The normalized spacial score (nSPS) is 12.9. The molecule has 0 radical (unpaired) electrons. The molecule has 4 aromatic rings. The summed E-state index contributed by atoms with van der Waals surface area (Å²) in [5.74, 6) is -0.155. The second-order valence-corrected chi connectivity index (χ2v) is 10.0. The SMILES string of the molecule is COc1cc(/C=C/C(=O)/C=C/c2ccc(Br)cc2)ccc1OCc1cn(CCN2C(=O)C(=O)c3ccccc32)nn1. The number of amides is 1. The number of rotatable bonds is 11. The summed E-state index contributed by atoms with van der Waals surface area (Å²) in [4.78, 5) is 38.3. The molecule has 1 aliphatic rings. The number of hydrogen-bond donors (Lipinski definition) is 0. The smallest absolute Gasteiger partial charge is 0.299 e. The third-order valence-corrected chi connectivity index (χ3v) is 6.86. The molecule has 0 bridgehead atoms. The average Bonchev–Trinajstić information content (AvgIpc) is 3.55. The first-order chi connectivity index (χ1) is 19.9. The zero-order chi connectivity index (χ0) is 28.8. The second kappa shape index (κ2) is 12.6. The molecule has 41 heavy (non-hydrogen) atoms. The number of aromatic nitrogens is 3. The third kappa shape index (κ3) is 6.67. The van der Waals surface area contributed by atoms with Crippen molar-refractivity contribution in [2.24, 2.45) is 0 Å². The van der Waals surface area contributed by atoms with Crippen molar-refractivity contribution in [1.82, 2.24) is 15.0 Å². The minimum atomic E-state index is -0.540. The van der Waals surface area contributed by atoms with Gasteiger partial charge < -0.3 is 14.4 Å². The Labute approximate surface area is 244 Å². The molecule has 1 amide bonds. The summed E-state index contributed by atoms with van der Waals surface area (Å²) in [7, 11) is 1.54. The van der Waals surface area contributed by atoms with Crippen molar-refractivity contribution < 1.29 is 23.9 Å². The lowest BCUT2D eigenvalue weighted by Crippen LogP contribution is -2.32. The Morgan fingerprint density at radius 3 is 2.44 bits per heavy atom. The standard InChI is InChI=1S/C31H25BrN4O5/c1-40-29-18-22(9-14-25(37)13-8-21-6-11-23(32)12-7-21)10-15-28(29)41-20-24-19-35(34-33-24)16-17-36-27-5-3-2-4-26(27)30(38)31(36)39/h2-15,18-19H,16-17,20H2,1H3/b13-8+,14-9+. The number of carbonyl (C=O) groups is 3. The monoisotopic (exact) mass is 612 g/mol. The molecule has 9 nitrogen and oxygen atoms in total. The van der Waals surface area contributed by atoms with Gasteiger partial charge in [0.25, 0.3) is 11.7 Å². The van der Waals surface area contributed by atoms with Gasteiger partial charge in [-0.2, -0.15) is 0 Å². The first-order valence-corrected chi connectivity index (χ1v) is 13.5. The Morgan fingerprint density at radius 2 is 1.66 bits per heavy atom. The Balaban J connectivity index is 1.15. The van der Waals surface area contributed by atoms with Crippen molar-refractivity contribution in [3.63, 3.8) is 0 Å². The van der Waals surface area contributed by atoms with E-state index in [-0.39, 0.29) is 18.9 Å². The molecule has 206 valence electrons. The average molecular weight is 613 g/mol. The van der Waals surface area contributed by atoms with E-state index >= 15 is 0 Å². The van der Waals surface area contributed by atoms with Gasteiger partial charge in [-0.25, -0.2) is 0 Å². The maximum absolute atomic E-state index is 12.4. The molecule has 1 aromatic heterocycles. The fourth-order valence-corrected chi connectivity index (χ4v) is 4.50. The lowest BCUT2D eigenvalue weighted by Gasteiger charge is -2.15. The number of hydrogen-bond acceptors (Lipinski definition) is 7. The quantitative estimate of drug-likeness (QED) is 0.170. The number of allylic oxidation sites excluding steroid dienone is 2. The van der Waals surface area contributed by atoms with E-state index in [2.05, 4.69) is 26.2 Å². The number of ketones is 2. The predicted molar refractivity (Wildman–Crippen MR) is 158 cm³/mol. The number of para-hydroxylation sites is 1. The van der Waals surface area contributed by atoms with Crippen LogP contribution in [0, 0.1) is 0 Å². The van der Waals surface area contributed by atoms with Crippen LogP contribution in [-0.4, -0.2) is 46.1 Å². The summed E-state index contributed by atoms with van der Waals surface area (Å²) in [6, 6.07) is 20.0. The lowest BCUT2D eigenvalue weighted by atomic mass is 10.1. The van der Waals surface area contributed by atoms with Gasteiger partial charge in [-0.1, -0.05) is 63.6 Å². The Morgan fingerprint density at radius 1 is 0.927 bits per heavy atom. The maximum atomic E-state index is 12.4. The van der Waals surface area contributed by atoms with Gasteiger partial charge in [0.2, 0.25) is 0 Å². The third-order valence-electron chi connectivity index (χ3n) is 6.33. The van der Waals surface area contributed by atoms with Gasteiger partial charge >= 0.3 is 0 Å². The topological polar surface area (TPSA) is 104 Å².